The topological polar surface area (TPSA) is 66.4 Å². The number of Topliss-reactive ketones (excluding diaryl/α,β-unsaturated/α-hetero) is 1. The zero-order chi connectivity index (χ0) is 19.8. The van der Waals surface area contributed by atoms with Crippen LogP contribution in [0.2, 0.25) is 0 Å². The summed E-state index contributed by atoms with van der Waals surface area (Å²) in [6, 6.07) is 19.3. The third-order valence-electron chi connectivity index (χ3n) is 4.46. The second-order valence-corrected chi connectivity index (χ2v) is 7.31. The van der Waals surface area contributed by atoms with E-state index < -0.39 is 5.94 Å². The van der Waals surface area contributed by atoms with Crippen LogP contribution in [0.3, 0.4) is 0 Å². The van der Waals surface area contributed by atoms with E-state index in [4.69, 9.17) is 0 Å². The van der Waals surface area contributed by atoms with E-state index in [2.05, 4.69) is 5.32 Å². The van der Waals surface area contributed by atoms with Gasteiger partial charge in [-0.15, -0.1) is 0 Å². The van der Waals surface area contributed by atoms with Crippen LogP contribution >= 0.6 is 11.3 Å². The average molecular weight is 390 g/mol. The quantitative estimate of drug-likeness (QED) is 0.433. The molecule has 0 spiro atoms. The van der Waals surface area contributed by atoms with Gasteiger partial charge in [-0.05, 0) is 39.9 Å². The van der Waals surface area contributed by atoms with E-state index in [1.807, 2.05) is 59.3 Å². The fraction of sp³-hybridized carbons (Fsp3) is 0.182. The number of hydrogen-bond donors (Lipinski definition) is 2. The van der Waals surface area contributed by atoms with E-state index in [0.717, 1.165) is 24.2 Å². The lowest BCUT2D eigenvalue weighted by molar-refractivity contribution is -0.121. The summed E-state index contributed by atoms with van der Waals surface area (Å²) in [4.78, 5) is 24.5. The number of nitrogens with one attached hydrogen (secondary N) is 1. The first-order valence-electron chi connectivity index (χ1n) is 9.12. The Balaban J connectivity index is 1.49. The highest BCUT2D eigenvalue weighted by atomic mass is 32.1. The molecule has 28 heavy (non-hydrogen) atoms. The van der Waals surface area contributed by atoms with Gasteiger partial charge in [0, 0.05) is 24.3 Å². The van der Waals surface area contributed by atoms with Crippen molar-refractivity contribution in [2.24, 2.45) is 0 Å². The van der Waals surface area contributed by atoms with Crippen LogP contribution in [0.4, 0.5) is 0 Å². The summed E-state index contributed by atoms with van der Waals surface area (Å²) in [5, 5.41) is 16.0. The number of carbonyl (C=O) groups is 2. The number of ketones is 1. The largest absolute Gasteiger partial charge is 0.452 e. The van der Waals surface area contributed by atoms with Gasteiger partial charge in [0.2, 0.25) is 5.91 Å². The van der Waals surface area contributed by atoms with Gasteiger partial charge in [-0.2, -0.15) is 11.3 Å². The van der Waals surface area contributed by atoms with E-state index in [0.29, 0.717) is 12.0 Å². The maximum Gasteiger partial charge on any atom is 0.312 e. The molecule has 1 radical (unpaired) electrons. The number of hydrogen-bond acceptors (Lipinski definition) is 4. The van der Waals surface area contributed by atoms with E-state index in [1.54, 1.807) is 23.5 Å². The third kappa shape index (κ3) is 5.65. The molecule has 4 nitrogen and oxygen atoms in total. The standard InChI is InChI=1S/C22H21BNO3S/c25-20(19-8-6-18(7-9-19)17-4-2-1-3-5-17)10-11-22(26)24-21(23-27)14-16-12-13-28-15-16/h1-9,12-13,15,21,27H,10-11,14H2,(H,24,26)/t21-/m0/s1. The number of rotatable bonds is 9. The number of carbonyl (C=O) groups excluding carboxylic acids is 2. The van der Waals surface area contributed by atoms with Crippen molar-refractivity contribution in [2.75, 3.05) is 0 Å². The first-order chi connectivity index (χ1) is 13.7. The van der Waals surface area contributed by atoms with Gasteiger partial charge in [0.05, 0.1) is 0 Å². The van der Waals surface area contributed by atoms with Crippen molar-refractivity contribution >= 4 is 30.5 Å². The lowest BCUT2D eigenvalue weighted by atomic mass is 9.84. The molecule has 0 aliphatic rings. The van der Waals surface area contributed by atoms with Crippen molar-refractivity contribution in [1.29, 1.82) is 0 Å². The second-order valence-electron chi connectivity index (χ2n) is 6.53. The van der Waals surface area contributed by atoms with Gasteiger partial charge in [0.15, 0.2) is 5.78 Å². The van der Waals surface area contributed by atoms with Gasteiger partial charge >= 0.3 is 7.48 Å². The predicted octanol–water partition coefficient (Wildman–Crippen LogP) is 3.67. The Kier molecular flexibility index (Phi) is 7.17. The lowest BCUT2D eigenvalue weighted by Gasteiger charge is -2.14. The molecule has 141 valence electrons. The van der Waals surface area contributed by atoms with Gasteiger partial charge in [-0.3, -0.25) is 9.59 Å². The highest BCUT2D eigenvalue weighted by Gasteiger charge is 2.16. The summed E-state index contributed by atoms with van der Waals surface area (Å²) >= 11 is 1.57. The summed E-state index contributed by atoms with van der Waals surface area (Å²) in [6.45, 7) is 0. The molecule has 1 amide bonds. The first-order valence-corrected chi connectivity index (χ1v) is 10.1. The molecule has 0 aliphatic carbocycles. The van der Waals surface area contributed by atoms with Gasteiger partial charge in [0.25, 0.3) is 0 Å². The molecule has 1 aromatic heterocycles. The minimum Gasteiger partial charge on any atom is -0.452 e. The van der Waals surface area contributed by atoms with E-state index in [-0.39, 0.29) is 24.5 Å². The Morgan fingerprint density at radius 1 is 0.964 bits per heavy atom. The Hall–Kier alpha value is -2.70. The fourth-order valence-electron chi connectivity index (χ4n) is 2.93. The molecule has 0 bridgehead atoms. The van der Waals surface area contributed by atoms with Crippen LogP contribution in [0.5, 0.6) is 0 Å². The van der Waals surface area contributed by atoms with Crippen LogP contribution in [0.15, 0.2) is 71.4 Å². The first kappa shape index (κ1) is 20.0. The summed E-state index contributed by atoms with van der Waals surface area (Å²) in [5.74, 6) is -0.778. The molecule has 0 saturated carbocycles. The summed E-state index contributed by atoms with van der Waals surface area (Å²) in [5.41, 5.74) is 3.79. The Bertz CT molecular complexity index is 895. The molecular weight excluding hydrogens is 369 g/mol. The molecule has 6 heteroatoms. The number of amides is 1. The molecule has 3 rings (SSSR count). The normalized spacial score (nSPS) is 11.6. The van der Waals surface area contributed by atoms with E-state index in [1.165, 1.54) is 0 Å². The van der Waals surface area contributed by atoms with Crippen molar-refractivity contribution in [2.45, 2.75) is 25.2 Å². The smallest absolute Gasteiger partial charge is 0.312 e. The van der Waals surface area contributed by atoms with Crippen LogP contribution < -0.4 is 5.32 Å². The molecule has 2 aromatic carbocycles. The molecule has 2 N–H and O–H groups in total. The Morgan fingerprint density at radius 3 is 2.32 bits per heavy atom. The minimum atomic E-state index is -0.456. The summed E-state index contributed by atoms with van der Waals surface area (Å²) < 4.78 is 0. The zero-order valence-corrected chi connectivity index (χ0v) is 16.2. The van der Waals surface area contributed by atoms with Gasteiger partial charge in [-0.1, -0.05) is 54.6 Å². The molecule has 0 fully saturated rings. The highest BCUT2D eigenvalue weighted by molar-refractivity contribution is 7.07. The third-order valence-corrected chi connectivity index (χ3v) is 5.19. The predicted molar refractivity (Wildman–Crippen MR) is 113 cm³/mol. The maximum atomic E-state index is 12.4. The van der Waals surface area contributed by atoms with Gasteiger partial charge in [0.1, 0.15) is 0 Å². The van der Waals surface area contributed by atoms with Crippen LogP contribution in [0.25, 0.3) is 11.1 Å². The van der Waals surface area contributed by atoms with E-state index >= 15 is 0 Å². The highest BCUT2D eigenvalue weighted by Crippen LogP contribution is 2.20. The van der Waals surface area contributed by atoms with Crippen LogP contribution in [0.1, 0.15) is 28.8 Å². The summed E-state index contributed by atoms with van der Waals surface area (Å²) in [6.07, 6.45) is 0.751. The zero-order valence-electron chi connectivity index (χ0n) is 15.4. The Labute approximate surface area is 169 Å². The number of benzene rings is 2. The second kappa shape index (κ2) is 10.0. The fourth-order valence-corrected chi connectivity index (χ4v) is 3.61. The van der Waals surface area contributed by atoms with Crippen LogP contribution in [-0.2, 0) is 11.2 Å². The van der Waals surface area contributed by atoms with E-state index in [9.17, 15) is 14.6 Å². The minimum absolute atomic E-state index is 0.0721. The van der Waals surface area contributed by atoms with Crippen LogP contribution in [-0.4, -0.2) is 30.1 Å². The maximum absolute atomic E-state index is 12.4. The van der Waals surface area contributed by atoms with Crippen LogP contribution in [0, 0.1) is 0 Å². The Morgan fingerprint density at radius 2 is 1.68 bits per heavy atom. The molecule has 1 atom stereocenters. The molecular formula is C22H21BNO3S. The molecule has 1 heterocycles. The monoisotopic (exact) mass is 390 g/mol. The van der Waals surface area contributed by atoms with Crippen molar-refractivity contribution < 1.29 is 14.6 Å². The van der Waals surface area contributed by atoms with Crippen molar-refractivity contribution in [3.8, 4) is 11.1 Å². The molecule has 0 unspecified atom stereocenters. The molecule has 0 aliphatic heterocycles. The average Bonchev–Trinajstić information content (AvgIpc) is 3.25. The van der Waals surface area contributed by atoms with Gasteiger partial charge < -0.3 is 10.3 Å². The van der Waals surface area contributed by atoms with Gasteiger partial charge in [-0.25, -0.2) is 0 Å². The molecule has 0 saturated heterocycles. The van der Waals surface area contributed by atoms with Crippen molar-refractivity contribution in [3.05, 3.63) is 82.6 Å². The lowest BCUT2D eigenvalue weighted by Crippen LogP contribution is -2.40. The van der Waals surface area contributed by atoms with Crippen molar-refractivity contribution in [3.63, 3.8) is 0 Å². The SMILES string of the molecule is O=C(CCC(=O)c1ccc(-c2ccccc2)cc1)N[C@H]([B]O)Cc1ccsc1. The summed E-state index contributed by atoms with van der Waals surface area (Å²) in [7, 11) is 0.986. The molecule has 3 aromatic rings. The van der Waals surface area contributed by atoms with Crippen molar-refractivity contribution in [1.82, 2.24) is 5.32 Å². The number of thiophene rings is 1.